The summed E-state index contributed by atoms with van der Waals surface area (Å²) in [6.07, 6.45) is 9.24. The van der Waals surface area contributed by atoms with Crippen LogP contribution in [0.4, 0.5) is 5.13 Å². The highest BCUT2D eigenvalue weighted by Gasteiger charge is 2.29. The maximum absolute atomic E-state index is 12.8. The van der Waals surface area contributed by atoms with Crippen LogP contribution >= 0.6 is 11.3 Å². The van der Waals surface area contributed by atoms with Crippen LogP contribution in [0.25, 0.3) is 0 Å². The zero-order chi connectivity index (χ0) is 21.8. The fourth-order valence-electron chi connectivity index (χ4n) is 5.14. The van der Waals surface area contributed by atoms with Gasteiger partial charge in [0.25, 0.3) is 0 Å². The van der Waals surface area contributed by atoms with Crippen LogP contribution in [0.3, 0.4) is 0 Å². The lowest BCUT2D eigenvalue weighted by atomic mass is 9.90. The number of nitrogens with zero attached hydrogens (tertiary/aromatic N) is 4. The van der Waals surface area contributed by atoms with Gasteiger partial charge in [-0.3, -0.25) is 9.59 Å². The smallest absolute Gasteiger partial charge is 0.223 e. The monoisotopic (exact) mass is 447 g/mol. The van der Waals surface area contributed by atoms with Gasteiger partial charge in [-0.1, -0.05) is 19.3 Å². The zero-order valence-corrected chi connectivity index (χ0v) is 19.9. The molecule has 1 atom stereocenters. The molecule has 0 radical (unpaired) electrons. The Hall–Kier alpha value is -1.67. The van der Waals surface area contributed by atoms with Gasteiger partial charge in [-0.05, 0) is 39.2 Å². The lowest BCUT2D eigenvalue weighted by molar-refractivity contribution is -0.129. The number of aromatic nitrogens is 1. The highest BCUT2D eigenvalue weighted by atomic mass is 32.1. The number of hydrogen-bond donors (Lipinski definition) is 1. The first-order valence-corrected chi connectivity index (χ1v) is 12.8. The summed E-state index contributed by atoms with van der Waals surface area (Å²) in [7, 11) is 2.20. The Kier molecular flexibility index (Phi) is 7.48. The van der Waals surface area contributed by atoms with Gasteiger partial charge in [0.05, 0.1) is 5.69 Å². The van der Waals surface area contributed by atoms with Crippen molar-refractivity contribution in [3.8, 4) is 0 Å². The summed E-state index contributed by atoms with van der Waals surface area (Å²) in [5.41, 5.74) is 1.18. The van der Waals surface area contributed by atoms with Crippen LogP contribution in [-0.4, -0.2) is 79.0 Å². The summed E-state index contributed by atoms with van der Waals surface area (Å²) in [5.74, 6) is 0.417. The van der Waals surface area contributed by atoms with E-state index in [1.165, 1.54) is 42.7 Å². The minimum Gasteiger partial charge on any atom is -0.355 e. The molecule has 8 heteroatoms. The molecule has 7 nitrogen and oxygen atoms in total. The number of amides is 2. The van der Waals surface area contributed by atoms with E-state index in [9.17, 15) is 9.59 Å². The third-order valence-corrected chi connectivity index (χ3v) is 8.44. The number of carbonyl (C=O) groups excluding carboxylic acids is 2. The number of likely N-dealkylation sites (N-methyl/N-ethyl adjacent to an activating group) is 1. The Labute approximate surface area is 190 Å². The van der Waals surface area contributed by atoms with Crippen molar-refractivity contribution in [1.82, 2.24) is 20.1 Å². The van der Waals surface area contributed by atoms with Crippen molar-refractivity contribution in [2.75, 3.05) is 51.2 Å². The molecule has 2 fully saturated rings. The van der Waals surface area contributed by atoms with Gasteiger partial charge >= 0.3 is 0 Å². The van der Waals surface area contributed by atoms with Crippen LogP contribution in [0.15, 0.2) is 0 Å². The van der Waals surface area contributed by atoms with Gasteiger partial charge < -0.3 is 20.0 Å². The van der Waals surface area contributed by atoms with Crippen LogP contribution in [0, 0.1) is 5.92 Å². The third kappa shape index (κ3) is 5.58. The highest BCUT2D eigenvalue weighted by Crippen LogP contribution is 2.34. The molecule has 172 valence electrons. The molecule has 1 N–H and O–H groups in total. The molecule has 0 bridgehead atoms. The van der Waals surface area contributed by atoms with Gasteiger partial charge in [0.15, 0.2) is 5.13 Å². The number of piperazine rings is 1. The van der Waals surface area contributed by atoms with Gasteiger partial charge in [-0.25, -0.2) is 4.98 Å². The normalized spacial score (nSPS) is 22.5. The van der Waals surface area contributed by atoms with E-state index in [2.05, 4.69) is 22.2 Å². The second kappa shape index (κ2) is 10.3. The zero-order valence-electron chi connectivity index (χ0n) is 19.1. The fraction of sp³-hybridized carbons (Fsp3) is 0.783. The van der Waals surface area contributed by atoms with E-state index in [0.29, 0.717) is 6.04 Å². The number of anilines is 1. The molecular weight excluding hydrogens is 410 g/mol. The van der Waals surface area contributed by atoms with Gasteiger partial charge in [0, 0.05) is 63.0 Å². The number of rotatable bonds is 6. The standard InChI is InChI=1S/C23H37N5O2S/c1-17(29)27-12-14-28(15-13-27)23-25-20-9-8-18(16-21(20)31-23)22(30)24-10-11-26(2)19-6-4-3-5-7-19/h18-19H,3-16H2,1-2H3,(H,24,30). The SMILES string of the molecule is CC(=O)N1CCN(c2nc3c(s2)CC(C(=O)NCCN(C)C2CCCCC2)CC3)CC1. The molecule has 2 heterocycles. The molecule has 31 heavy (non-hydrogen) atoms. The predicted octanol–water partition coefficient (Wildman–Crippen LogP) is 2.30. The fourth-order valence-corrected chi connectivity index (χ4v) is 6.38. The number of carbonyl (C=O) groups is 2. The molecule has 3 aliphatic rings. The van der Waals surface area contributed by atoms with Gasteiger partial charge in [-0.2, -0.15) is 0 Å². The molecule has 0 aromatic carbocycles. The van der Waals surface area contributed by atoms with Crippen molar-refractivity contribution >= 4 is 28.3 Å². The van der Waals surface area contributed by atoms with Crippen LogP contribution in [-0.2, 0) is 22.4 Å². The van der Waals surface area contributed by atoms with Crippen molar-refractivity contribution in [3.63, 3.8) is 0 Å². The lowest BCUT2D eigenvalue weighted by Gasteiger charge is -2.33. The Morgan fingerprint density at radius 1 is 1.13 bits per heavy atom. The number of aryl methyl sites for hydroxylation is 1. The van der Waals surface area contributed by atoms with Crippen LogP contribution < -0.4 is 10.2 Å². The van der Waals surface area contributed by atoms with Crippen molar-refractivity contribution in [2.24, 2.45) is 5.92 Å². The molecule has 1 aromatic rings. The number of thiazole rings is 1. The van der Waals surface area contributed by atoms with E-state index < -0.39 is 0 Å². The third-order valence-electron chi connectivity index (χ3n) is 7.26. The topological polar surface area (TPSA) is 68.8 Å². The molecule has 1 aromatic heterocycles. The lowest BCUT2D eigenvalue weighted by Crippen LogP contribution is -2.48. The van der Waals surface area contributed by atoms with Gasteiger partial charge in [-0.15, -0.1) is 11.3 Å². The Morgan fingerprint density at radius 2 is 1.87 bits per heavy atom. The summed E-state index contributed by atoms with van der Waals surface area (Å²) in [6.45, 7) is 6.51. The summed E-state index contributed by atoms with van der Waals surface area (Å²) in [5, 5.41) is 4.25. The largest absolute Gasteiger partial charge is 0.355 e. The van der Waals surface area contributed by atoms with E-state index in [-0.39, 0.29) is 17.7 Å². The van der Waals surface area contributed by atoms with E-state index >= 15 is 0 Å². The summed E-state index contributed by atoms with van der Waals surface area (Å²) < 4.78 is 0. The maximum Gasteiger partial charge on any atom is 0.223 e. The number of hydrogen-bond acceptors (Lipinski definition) is 6. The molecule has 0 spiro atoms. The average molecular weight is 448 g/mol. The molecular formula is C23H37N5O2S. The number of fused-ring (bicyclic) bond motifs is 1. The Balaban J connectivity index is 1.24. The predicted molar refractivity (Wildman–Crippen MR) is 125 cm³/mol. The van der Waals surface area contributed by atoms with E-state index in [1.54, 1.807) is 18.3 Å². The van der Waals surface area contributed by atoms with Crippen molar-refractivity contribution in [3.05, 3.63) is 10.6 Å². The number of nitrogens with one attached hydrogen (secondary N) is 1. The Bertz CT molecular complexity index is 768. The molecule has 1 saturated heterocycles. The summed E-state index contributed by atoms with van der Waals surface area (Å²) in [4.78, 5) is 37.1. The Morgan fingerprint density at radius 3 is 2.58 bits per heavy atom. The summed E-state index contributed by atoms with van der Waals surface area (Å²) in [6, 6.07) is 0.691. The molecule has 4 rings (SSSR count). The first-order valence-electron chi connectivity index (χ1n) is 12.0. The van der Waals surface area contributed by atoms with Crippen molar-refractivity contribution < 1.29 is 9.59 Å². The molecule has 1 aliphatic heterocycles. The van der Waals surface area contributed by atoms with Crippen LogP contribution in [0.2, 0.25) is 0 Å². The van der Waals surface area contributed by atoms with Crippen molar-refractivity contribution in [2.45, 2.75) is 64.3 Å². The van der Waals surface area contributed by atoms with Crippen LogP contribution in [0.5, 0.6) is 0 Å². The van der Waals surface area contributed by atoms with Gasteiger partial charge in [0.1, 0.15) is 0 Å². The average Bonchev–Trinajstić information content (AvgIpc) is 3.23. The second-order valence-corrected chi connectivity index (χ2v) is 10.4. The minimum absolute atomic E-state index is 0.0651. The minimum atomic E-state index is 0.0651. The maximum atomic E-state index is 12.8. The van der Waals surface area contributed by atoms with Crippen LogP contribution in [0.1, 0.15) is 56.0 Å². The molecule has 2 aliphatic carbocycles. The van der Waals surface area contributed by atoms with Crippen molar-refractivity contribution in [1.29, 1.82) is 0 Å². The van der Waals surface area contributed by atoms with E-state index in [0.717, 1.165) is 63.7 Å². The highest BCUT2D eigenvalue weighted by molar-refractivity contribution is 7.15. The molecule has 1 saturated carbocycles. The quantitative estimate of drug-likeness (QED) is 0.725. The first-order chi connectivity index (χ1) is 15.0. The molecule has 1 unspecified atom stereocenters. The second-order valence-electron chi connectivity index (χ2n) is 9.36. The molecule has 2 amide bonds. The first kappa shape index (κ1) is 22.5. The summed E-state index contributed by atoms with van der Waals surface area (Å²) >= 11 is 1.74. The van der Waals surface area contributed by atoms with Gasteiger partial charge in [0.2, 0.25) is 11.8 Å². The van der Waals surface area contributed by atoms with E-state index in [1.807, 2.05) is 4.90 Å². The van der Waals surface area contributed by atoms with E-state index in [4.69, 9.17) is 4.98 Å².